The van der Waals surface area contributed by atoms with Crippen LogP contribution in [0, 0.1) is 0 Å². The molecule has 0 amide bonds. The minimum atomic E-state index is 0.240. The number of aryl methyl sites for hydroxylation is 1. The summed E-state index contributed by atoms with van der Waals surface area (Å²) in [5, 5.41) is 0. The van der Waals surface area contributed by atoms with E-state index in [9.17, 15) is 0 Å². The molecule has 0 heterocycles. The third kappa shape index (κ3) is 4.40. The molecule has 0 aliphatic heterocycles. The summed E-state index contributed by atoms with van der Waals surface area (Å²) >= 11 is 3.48. The number of hydrogen-bond acceptors (Lipinski definition) is 2. The lowest BCUT2D eigenvalue weighted by molar-refractivity contribution is 0.242. The normalized spacial score (nSPS) is 12.6. The second-order valence-corrected chi connectivity index (χ2v) is 6.30. The summed E-state index contributed by atoms with van der Waals surface area (Å²) in [4.78, 5) is 2.31. The predicted molar refractivity (Wildman–Crippen MR) is 93.2 cm³/mol. The fraction of sp³-hybridized carbons (Fsp3) is 0.333. The van der Waals surface area contributed by atoms with E-state index in [1.165, 1.54) is 16.7 Å². The van der Waals surface area contributed by atoms with E-state index in [2.05, 4.69) is 83.3 Å². The standard InChI is InChI=1S/C18H23BrN2/c1-3-14-4-6-15(7-5-14)13-21(2)18(12-20)16-8-10-17(19)11-9-16/h4-11,18H,3,12-13,20H2,1-2H3. The van der Waals surface area contributed by atoms with Crippen LogP contribution in [0.2, 0.25) is 0 Å². The molecular weight excluding hydrogens is 324 g/mol. The SMILES string of the molecule is CCc1ccc(CN(C)C(CN)c2ccc(Br)cc2)cc1. The van der Waals surface area contributed by atoms with Gasteiger partial charge in [0.25, 0.3) is 0 Å². The van der Waals surface area contributed by atoms with E-state index in [0.29, 0.717) is 6.54 Å². The molecule has 3 heteroatoms. The van der Waals surface area contributed by atoms with Crippen molar-refractivity contribution in [2.75, 3.05) is 13.6 Å². The molecule has 0 aliphatic carbocycles. The third-order valence-electron chi connectivity index (χ3n) is 3.87. The van der Waals surface area contributed by atoms with Crippen LogP contribution >= 0.6 is 15.9 Å². The van der Waals surface area contributed by atoms with Gasteiger partial charge in [-0.15, -0.1) is 0 Å². The number of nitrogens with zero attached hydrogens (tertiary/aromatic N) is 1. The average molecular weight is 347 g/mol. The monoisotopic (exact) mass is 346 g/mol. The molecule has 2 nitrogen and oxygen atoms in total. The van der Waals surface area contributed by atoms with Crippen LogP contribution in [0.5, 0.6) is 0 Å². The first-order chi connectivity index (χ1) is 10.1. The lowest BCUT2D eigenvalue weighted by Gasteiger charge is -2.27. The Bertz CT molecular complexity index is 548. The highest BCUT2D eigenvalue weighted by Crippen LogP contribution is 2.22. The summed E-state index contributed by atoms with van der Waals surface area (Å²) in [6, 6.07) is 17.5. The minimum absolute atomic E-state index is 0.240. The Kier molecular flexibility index (Phi) is 5.97. The van der Waals surface area contributed by atoms with Crippen LogP contribution < -0.4 is 5.73 Å². The maximum atomic E-state index is 5.99. The van der Waals surface area contributed by atoms with Gasteiger partial charge in [-0.25, -0.2) is 0 Å². The molecule has 2 N–H and O–H groups in total. The Morgan fingerprint density at radius 2 is 1.57 bits per heavy atom. The molecule has 0 fully saturated rings. The quantitative estimate of drug-likeness (QED) is 0.851. The molecule has 0 bridgehead atoms. The Morgan fingerprint density at radius 1 is 1.00 bits per heavy atom. The van der Waals surface area contributed by atoms with Gasteiger partial charge in [0.15, 0.2) is 0 Å². The topological polar surface area (TPSA) is 29.3 Å². The molecule has 2 aromatic rings. The van der Waals surface area contributed by atoms with Crippen molar-refractivity contribution in [1.82, 2.24) is 4.90 Å². The fourth-order valence-corrected chi connectivity index (χ4v) is 2.80. The molecule has 1 atom stereocenters. The lowest BCUT2D eigenvalue weighted by Crippen LogP contribution is -2.30. The first-order valence-corrected chi connectivity index (χ1v) is 8.17. The molecule has 21 heavy (non-hydrogen) atoms. The van der Waals surface area contributed by atoms with Gasteiger partial charge in [0.1, 0.15) is 0 Å². The first kappa shape index (κ1) is 16.2. The molecule has 1 unspecified atom stereocenters. The number of halogens is 1. The largest absolute Gasteiger partial charge is 0.329 e. The molecule has 2 aromatic carbocycles. The zero-order chi connectivity index (χ0) is 15.2. The van der Waals surface area contributed by atoms with Crippen LogP contribution in [-0.2, 0) is 13.0 Å². The van der Waals surface area contributed by atoms with Crippen molar-refractivity contribution < 1.29 is 0 Å². The molecular formula is C18H23BrN2. The second kappa shape index (κ2) is 7.74. The van der Waals surface area contributed by atoms with Gasteiger partial charge in [-0.05, 0) is 42.3 Å². The predicted octanol–water partition coefficient (Wildman–Crippen LogP) is 4.14. The van der Waals surface area contributed by atoms with Gasteiger partial charge in [-0.1, -0.05) is 59.3 Å². The van der Waals surface area contributed by atoms with Gasteiger partial charge in [-0.3, -0.25) is 4.90 Å². The Hall–Kier alpha value is -1.16. The van der Waals surface area contributed by atoms with Crippen LogP contribution in [0.25, 0.3) is 0 Å². The number of hydrogen-bond donors (Lipinski definition) is 1. The molecule has 112 valence electrons. The summed E-state index contributed by atoms with van der Waals surface area (Å²) in [7, 11) is 2.13. The van der Waals surface area contributed by atoms with Gasteiger partial charge in [0.2, 0.25) is 0 Å². The van der Waals surface area contributed by atoms with Crippen molar-refractivity contribution in [3.8, 4) is 0 Å². The van der Waals surface area contributed by atoms with Crippen molar-refractivity contribution in [2.45, 2.75) is 25.9 Å². The van der Waals surface area contributed by atoms with Crippen LogP contribution in [-0.4, -0.2) is 18.5 Å². The Labute approximate surface area is 136 Å². The summed E-state index contributed by atoms with van der Waals surface area (Å²) in [6.45, 7) is 3.70. The first-order valence-electron chi connectivity index (χ1n) is 7.37. The van der Waals surface area contributed by atoms with E-state index >= 15 is 0 Å². The van der Waals surface area contributed by atoms with Gasteiger partial charge in [0, 0.05) is 23.6 Å². The van der Waals surface area contributed by atoms with Crippen molar-refractivity contribution in [1.29, 1.82) is 0 Å². The maximum absolute atomic E-state index is 5.99. The Morgan fingerprint density at radius 3 is 2.10 bits per heavy atom. The van der Waals surface area contributed by atoms with E-state index in [0.717, 1.165) is 17.4 Å². The van der Waals surface area contributed by atoms with E-state index in [4.69, 9.17) is 5.73 Å². The van der Waals surface area contributed by atoms with Crippen molar-refractivity contribution in [3.05, 3.63) is 69.7 Å². The molecule has 0 radical (unpaired) electrons. The van der Waals surface area contributed by atoms with Gasteiger partial charge in [0.05, 0.1) is 0 Å². The maximum Gasteiger partial charge on any atom is 0.0470 e. The van der Waals surface area contributed by atoms with E-state index in [1.54, 1.807) is 0 Å². The molecule has 0 saturated heterocycles. The molecule has 0 aliphatic rings. The smallest absolute Gasteiger partial charge is 0.0470 e. The number of rotatable bonds is 6. The van der Waals surface area contributed by atoms with E-state index in [-0.39, 0.29) is 6.04 Å². The fourth-order valence-electron chi connectivity index (χ4n) is 2.53. The van der Waals surface area contributed by atoms with E-state index < -0.39 is 0 Å². The van der Waals surface area contributed by atoms with Gasteiger partial charge in [-0.2, -0.15) is 0 Å². The second-order valence-electron chi connectivity index (χ2n) is 5.39. The highest BCUT2D eigenvalue weighted by Gasteiger charge is 2.15. The zero-order valence-corrected chi connectivity index (χ0v) is 14.3. The minimum Gasteiger partial charge on any atom is -0.329 e. The summed E-state index contributed by atoms with van der Waals surface area (Å²) in [5.41, 5.74) is 9.95. The number of likely N-dealkylation sites (N-methyl/N-ethyl adjacent to an activating group) is 1. The van der Waals surface area contributed by atoms with Crippen molar-refractivity contribution in [2.24, 2.45) is 5.73 Å². The highest BCUT2D eigenvalue weighted by molar-refractivity contribution is 9.10. The molecule has 2 rings (SSSR count). The number of benzene rings is 2. The van der Waals surface area contributed by atoms with Crippen LogP contribution in [0.3, 0.4) is 0 Å². The van der Waals surface area contributed by atoms with Crippen LogP contribution in [0.15, 0.2) is 53.0 Å². The Balaban J connectivity index is 2.08. The van der Waals surface area contributed by atoms with Crippen molar-refractivity contribution >= 4 is 15.9 Å². The summed E-state index contributed by atoms with van der Waals surface area (Å²) < 4.78 is 1.10. The lowest BCUT2D eigenvalue weighted by atomic mass is 10.0. The van der Waals surface area contributed by atoms with E-state index in [1.807, 2.05) is 0 Å². The number of nitrogens with two attached hydrogens (primary N) is 1. The molecule has 0 saturated carbocycles. The zero-order valence-electron chi connectivity index (χ0n) is 12.7. The highest BCUT2D eigenvalue weighted by atomic mass is 79.9. The van der Waals surface area contributed by atoms with Crippen molar-refractivity contribution in [3.63, 3.8) is 0 Å². The van der Waals surface area contributed by atoms with Gasteiger partial charge >= 0.3 is 0 Å². The molecule has 0 aromatic heterocycles. The van der Waals surface area contributed by atoms with Gasteiger partial charge < -0.3 is 5.73 Å². The average Bonchev–Trinajstić information content (AvgIpc) is 2.50. The van der Waals surface area contributed by atoms with Crippen LogP contribution in [0.1, 0.15) is 29.7 Å². The summed E-state index contributed by atoms with van der Waals surface area (Å²) in [6.07, 6.45) is 1.08. The summed E-state index contributed by atoms with van der Waals surface area (Å²) in [5.74, 6) is 0. The van der Waals surface area contributed by atoms with Crippen LogP contribution in [0.4, 0.5) is 0 Å². The molecule has 0 spiro atoms. The third-order valence-corrected chi connectivity index (χ3v) is 4.40.